The largest absolute Gasteiger partial charge is 1.00 e. The molecule has 0 spiro atoms. The van der Waals surface area contributed by atoms with E-state index in [1.165, 1.54) is 0 Å². The first-order valence-corrected chi connectivity index (χ1v) is 1.15. The van der Waals surface area contributed by atoms with Gasteiger partial charge in [-0.3, -0.25) is 0 Å². The Bertz CT molecular complexity index is 30.1. The summed E-state index contributed by atoms with van der Waals surface area (Å²) in [5, 5.41) is 0. The van der Waals surface area contributed by atoms with Crippen molar-refractivity contribution in [1.82, 2.24) is 0 Å². The Labute approximate surface area is 93.7 Å². The van der Waals surface area contributed by atoms with Crippen molar-refractivity contribution in [2.24, 2.45) is 0 Å². The quantitative estimate of drug-likeness (QED) is 0.381. The molecule has 0 aliphatic heterocycles. The minimum absolute atomic E-state index is 0. The minimum atomic E-state index is 0. The molecular formula is C4H9CoNaO4. The molecule has 0 bridgehead atoms. The topological polar surface area (TPSA) is 68.3 Å². The van der Waals surface area contributed by atoms with Gasteiger partial charge in [0.15, 0.2) is 0 Å². The van der Waals surface area contributed by atoms with Gasteiger partial charge in [-0.25, -0.2) is 0 Å². The maximum absolute atomic E-state index is 8.00. The van der Waals surface area contributed by atoms with Gasteiger partial charge in [-0.05, 0) is 0 Å². The van der Waals surface area contributed by atoms with Crippen LogP contribution in [-0.4, -0.2) is 27.2 Å². The summed E-state index contributed by atoms with van der Waals surface area (Å²) in [4.78, 5) is 32.0. The van der Waals surface area contributed by atoms with Crippen molar-refractivity contribution in [2.45, 2.75) is 0 Å². The van der Waals surface area contributed by atoms with Gasteiger partial charge in [0.25, 0.3) is 0 Å². The van der Waals surface area contributed by atoms with Crippen LogP contribution in [0.3, 0.4) is 0 Å². The Morgan fingerprint density at radius 3 is 0.600 bits per heavy atom. The SMILES string of the molecule is C=O.C=O.C=O.C=O.[Co].[H-].[Na+]. The summed E-state index contributed by atoms with van der Waals surface area (Å²) in [6.45, 7) is 8.00. The fourth-order valence-electron chi connectivity index (χ4n) is 0. The van der Waals surface area contributed by atoms with E-state index in [9.17, 15) is 0 Å². The van der Waals surface area contributed by atoms with E-state index in [1.807, 2.05) is 27.2 Å². The molecule has 0 heterocycles. The second kappa shape index (κ2) is 17700. The third kappa shape index (κ3) is 12200. The van der Waals surface area contributed by atoms with E-state index in [2.05, 4.69) is 0 Å². The van der Waals surface area contributed by atoms with E-state index in [0.29, 0.717) is 0 Å². The molecule has 0 aromatic carbocycles. The van der Waals surface area contributed by atoms with Crippen molar-refractivity contribution in [2.75, 3.05) is 0 Å². The van der Waals surface area contributed by atoms with Crippen LogP contribution in [0, 0.1) is 0 Å². The number of hydrogen-bond donors (Lipinski definition) is 0. The molecule has 0 saturated heterocycles. The third-order valence-electron chi connectivity index (χ3n) is 0. The molecular weight excluding hydrogens is 194 g/mol. The van der Waals surface area contributed by atoms with Crippen LogP contribution < -0.4 is 29.6 Å². The van der Waals surface area contributed by atoms with E-state index in [4.69, 9.17) is 19.2 Å². The predicted molar refractivity (Wildman–Crippen MR) is 29.6 cm³/mol. The van der Waals surface area contributed by atoms with Crippen molar-refractivity contribution in [1.29, 1.82) is 0 Å². The van der Waals surface area contributed by atoms with Crippen molar-refractivity contribution in [3.05, 3.63) is 0 Å². The maximum Gasteiger partial charge on any atom is 1.00 e. The van der Waals surface area contributed by atoms with Crippen LogP contribution in [0.4, 0.5) is 0 Å². The zero-order chi connectivity index (χ0) is 8.00. The Morgan fingerprint density at radius 2 is 0.600 bits per heavy atom. The Balaban J connectivity index is -0.00000000356. The van der Waals surface area contributed by atoms with Gasteiger partial charge in [-0.2, -0.15) is 0 Å². The molecule has 0 N–H and O–H groups in total. The molecule has 0 saturated carbocycles. The van der Waals surface area contributed by atoms with Gasteiger partial charge >= 0.3 is 29.6 Å². The third-order valence-corrected chi connectivity index (χ3v) is 0. The second-order valence-corrected chi connectivity index (χ2v) is 0. The fraction of sp³-hybridized carbons (Fsp3) is 0. The number of carbonyl (C=O) groups is 4. The van der Waals surface area contributed by atoms with Crippen LogP contribution >= 0.6 is 0 Å². The van der Waals surface area contributed by atoms with E-state index < -0.39 is 0 Å². The van der Waals surface area contributed by atoms with Crippen molar-refractivity contribution < 1.29 is 66.9 Å². The summed E-state index contributed by atoms with van der Waals surface area (Å²) >= 11 is 0. The molecule has 0 atom stereocenters. The van der Waals surface area contributed by atoms with Crippen molar-refractivity contribution >= 4 is 27.2 Å². The van der Waals surface area contributed by atoms with Crippen molar-refractivity contribution in [3.63, 3.8) is 0 Å². The van der Waals surface area contributed by atoms with Crippen LogP contribution in [-0.2, 0) is 36.0 Å². The van der Waals surface area contributed by atoms with Gasteiger partial charge in [0.1, 0.15) is 27.2 Å². The molecule has 0 aromatic heterocycles. The predicted octanol–water partition coefficient (Wildman–Crippen LogP) is -3.63. The fourth-order valence-corrected chi connectivity index (χ4v) is 0. The summed E-state index contributed by atoms with van der Waals surface area (Å²) in [5.74, 6) is 0. The van der Waals surface area contributed by atoms with Gasteiger partial charge in [0, 0.05) is 16.8 Å². The van der Waals surface area contributed by atoms with Crippen LogP contribution in [0.2, 0.25) is 0 Å². The van der Waals surface area contributed by atoms with E-state index in [1.54, 1.807) is 0 Å². The molecule has 0 aliphatic carbocycles. The normalized spacial score (nSPS) is 1.60. The number of hydrogen-bond acceptors (Lipinski definition) is 4. The Kier molecular flexibility index (Phi) is 86800. The van der Waals surface area contributed by atoms with E-state index in [0.717, 1.165) is 0 Å². The van der Waals surface area contributed by atoms with Gasteiger partial charge in [-0.1, -0.05) is 0 Å². The van der Waals surface area contributed by atoms with Crippen LogP contribution in [0.15, 0.2) is 0 Å². The first kappa shape index (κ1) is 49.0. The summed E-state index contributed by atoms with van der Waals surface area (Å²) in [6, 6.07) is 0. The van der Waals surface area contributed by atoms with Crippen LogP contribution in [0.5, 0.6) is 0 Å². The molecule has 10 heavy (non-hydrogen) atoms. The first-order valence-electron chi connectivity index (χ1n) is 1.15. The molecule has 59 valence electrons. The first-order chi connectivity index (χ1) is 4.00. The second-order valence-electron chi connectivity index (χ2n) is 0. The monoisotopic (exact) mass is 203 g/mol. The maximum atomic E-state index is 8.00. The smallest absolute Gasteiger partial charge is 1.00 e. The standard InChI is InChI=1S/4CH2O.Co.Na.H/c4*1-2;;;/h4*1H2;;;/q;;;;;+1;-1. The van der Waals surface area contributed by atoms with E-state index >= 15 is 0 Å². The average molecular weight is 203 g/mol. The molecule has 0 amide bonds. The van der Waals surface area contributed by atoms with Gasteiger partial charge in [0.05, 0.1) is 0 Å². The summed E-state index contributed by atoms with van der Waals surface area (Å²) < 4.78 is 0. The molecule has 1 radical (unpaired) electrons. The van der Waals surface area contributed by atoms with Gasteiger partial charge in [-0.15, -0.1) is 0 Å². The van der Waals surface area contributed by atoms with Gasteiger partial charge < -0.3 is 20.6 Å². The molecule has 0 fully saturated rings. The molecule has 0 aliphatic rings. The zero-order valence-electron chi connectivity index (χ0n) is 6.79. The number of rotatable bonds is 0. The molecule has 6 heteroatoms. The molecule has 0 aromatic rings. The van der Waals surface area contributed by atoms with Gasteiger partial charge in [0.2, 0.25) is 0 Å². The summed E-state index contributed by atoms with van der Waals surface area (Å²) in [5.41, 5.74) is 0. The Hall–Kier alpha value is 0.186. The zero-order valence-corrected chi connectivity index (χ0v) is 8.84. The summed E-state index contributed by atoms with van der Waals surface area (Å²) in [6.07, 6.45) is 0. The minimum Gasteiger partial charge on any atom is -1.00 e. The molecule has 4 nitrogen and oxygen atoms in total. The molecule has 0 unspecified atom stereocenters. The average Bonchev–Trinajstić information content (AvgIpc) is 2.03. The summed E-state index contributed by atoms with van der Waals surface area (Å²) in [7, 11) is 0. The van der Waals surface area contributed by atoms with Crippen LogP contribution in [0.25, 0.3) is 0 Å². The van der Waals surface area contributed by atoms with Crippen LogP contribution in [0.1, 0.15) is 1.43 Å². The van der Waals surface area contributed by atoms with E-state index in [-0.39, 0.29) is 47.8 Å². The van der Waals surface area contributed by atoms with Crippen molar-refractivity contribution in [3.8, 4) is 0 Å². The molecule has 0 rings (SSSR count). The number of carbonyl (C=O) groups excluding carboxylic acids is 4. The Morgan fingerprint density at radius 1 is 0.600 bits per heavy atom.